The van der Waals surface area contributed by atoms with E-state index < -0.39 is 11.7 Å². The SMILES string of the molecule is CCCNC(CC(=O)OCC)c1ccc(C(F)(F)F)cc1. The predicted octanol–water partition coefficient (Wildman–Crippen LogP) is 3.70. The molecule has 1 aromatic rings. The number of rotatable bonds is 7. The monoisotopic (exact) mass is 303 g/mol. The van der Waals surface area contributed by atoms with Crippen LogP contribution in [0.1, 0.15) is 43.9 Å². The van der Waals surface area contributed by atoms with E-state index in [4.69, 9.17) is 4.74 Å². The van der Waals surface area contributed by atoms with Gasteiger partial charge in [0.05, 0.1) is 18.6 Å². The number of nitrogens with one attached hydrogen (secondary N) is 1. The Morgan fingerprint density at radius 1 is 1.24 bits per heavy atom. The van der Waals surface area contributed by atoms with E-state index in [2.05, 4.69) is 5.32 Å². The lowest BCUT2D eigenvalue weighted by molar-refractivity contribution is -0.143. The van der Waals surface area contributed by atoms with Crippen molar-refractivity contribution >= 4 is 5.97 Å². The molecular formula is C15H20F3NO2. The smallest absolute Gasteiger partial charge is 0.416 e. The van der Waals surface area contributed by atoms with E-state index in [1.54, 1.807) is 6.92 Å². The molecule has 0 spiro atoms. The van der Waals surface area contributed by atoms with Gasteiger partial charge in [-0.1, -0.05) is 19.1 Å². The summed E-state index contributed by atoms with van der Waals surface area (Å²) in [5.74, 6) is -0.369. The molecule has 1 rings (SSSR count). The van der Waals surface area contributed by atoms with Gasteiger partial charge in [-0.2, -0.15) is 13.2 Å². The van der Waals surface area contributed by atoms with E-state index in [0.29, 0.717) is 12.1 Å². The zero-order valence-electron chi connectivity index (χ0n) is 12.2. The number of carbonyl (C=O) groups is 1. The van der Waals surface area contributed by atoms with Crippen molar-refractivity contribution in [3.05, 3.63) is 35.4 Å². The highest BCUT2D eigenvalue weighted by molar-refractivity contribution is 5.70. The predicted molar refractivity (Wildman–Crippen MR) is 73.7 cm³/mol. The van der Waals surface area contributed by atoms with Crippen LogP contribution >= 0.6 is 0 Å². The Morgan fingerprint density at radius 2 is 1.86 bits per heavy atom. The number of carbonyl (C=O) groups excluding carboxylic acids is 1. The first-order valence-electron chi connectivity index (χ1n) is 6.94. The normalized spacial score (nSPS) is 13.0. The van der Waals surface area contributed by atoms with Crippen LogP contribution in [0.25, 0.3) is 0 Å². The number of ether oxygens (including phenoxy) is 1. The van der Waals surface area contributed by atoms with Gasteiger partial charge >= 0.3 is 12.1 Å². The van der Waals surface area contributed by atoms with Crippen molar-refractivity contribution in [2.24, 2.45) is 0 Å². The molecule has 0 saturated heterocycles. The van der Waals surface area contributed by atoms with Crippen LogP contribution < -0.4 is 5.32 Å². The molecule has 1 N–H and O–H groups in total. The van der Waals surface area contributed by atoms with E-state index in [1.165, 1.54) is 12.1 Å². The van der Waals surface area contributed by atoms with E-state index in [-0.39, 0.29) is 25.0 Å². The number of hydrogen-bond donors (Lipinski definition) is 1. The average Bonchev–Trinajstić information content (AvgIpc) is 2.43. The molecule has 0 bridgehead atoms. The summed E-state index contributed by atoms with van der Waals surface area (Å²) in [6, 6.07) is 4.51. The van der Waals surface area contributed by atoms with Crippen LogP contribution in [-0.2, 0) is 15.7 Å². The number of hydrogen-bond acceptors (Lipinski definition) is 3. The number of esters is 1. The van der Waals surface area contributed by atoms with Crippen molar-refractivity contribution < 1.29 is 22.7 Å². The van der Waals surface area contributed by atoms with Gasteiger partial charge in [0, 0.05) is 6.04 Å². The molecule has 1 atom stereocenters. The Labute approximate surface area is 122 Å². The molecule has 0 aliphatic carbocycles. The Kier molecular flexibility index (Phi) is 6.68. The largest absolute Gasteiger partial charge is 0.466 e. The van der Waals surface area contributed by atoms with Crippen LogP contribution in [0.5, 0.6) is 0 Å². The van der Waals surface area contributed by atoms with Crippen molar-refractivity contribution in [1.82, 2.24) is 5.32 Å². The first-order chi connectivity index (χ1) is 9.88. The molecule has 6 heteroatoms. The van der Waals surface area contributed by atoms with Crippen LogP contribution in [0.4, 0.5) is 13.2 Å². The third-order valence-corrected chi connectivity index (χ3v) is 2.96. The molecule has 1 aromatic carbocycles. The van der Waals surface area contributed by atoms with Gasteiger partial charge in [0.25, 0.3) is 0 Å². The number of benzene rings is 1. The molecule has 0 aromatic heterocycles. The van der Waals surface area contributed by atoms with Crippen molar-refractivity contribution in [2.45, 2.75) is 38.9 Å². The number of halogens is 3. The molecular weight excluding hydrogens is 283 g/mol. The summed E-state index contributed by atoms with van der Waals surface area (Å²) in [6.07, 6.45) is -3.40. The van der Waals surface area contributed by atoms with Crippen molar-refractivity contribution in [3.63, 3.8) is 0 Å². The standard InChI is InChI=1S/C15H20F3NO2/c1-3-9-19-13(10-14(20)21-4-2)11-5-7-12(8-6-11)15(16,17)18/h5-8,13,19H,3-4,9-10H2,1-2H3. The molecule has 1 unspecified atom stereocenters. The molecule has 0 aliphatic heterocycles. The Bertz CT molecular complexity index is 443. The Balaban J connectivity index is 2.84. The van der Waals surface area contributed by atoms with Crippen molar-refractivity contribution in [1.29, 1.82) is 0 Å². The molecule has 3 nitrogen and oxygen atoms in total. The van der Waals surface area contributed by atoms with Crippen molar-refractivity contribution in [3.8, 4) is 0 Å². The lowest BCUT2D eigenvalue weighted by Gasteiger charge is -2.19. The van der Waals surface area contributed by atoms with Gasteiger partial charge in [-0.05, 0) is 37.6 Å². The third kappa shape index (κ3) is 5.75. The van der Waals surface area contributed by atoms with Crippen LogP contribution in [0.15, 0.2) is 24.3 Å². The second kappa shape index (κ2) is 8.02. The van der Waals surface area contributed by atoms with Crippen LogP contribution in [-0.4, -0.2) is 19.1 Å². The van der Waals surface area contributed by atoms with Gasteiger partial charge in [0.2, 0.25) is 0 Å². The average molecular weight is 303 g/mol. The fraction of sp³-hybridized carbons (Fsp3) is 0.533. The first kappa shape index (κ1) is 17.5. The minimum absolute atomic E-state index is 0.0964. The van der Waals surface area contributed by atoms with Gasteiger partial charge in [-0.25, -0.2) is 0 Å². The molecule has 0 saturated carbocycles. The highest BCUT2D eigenvalue weighted by Crippen LogP contribution is 2.30. The zero-order valence-corrected chi connectivity index (χ0v) is 12.2. The van der Waals surface area contributed by atoms with E-state index in [0.717, 1.165) is 18.6 Å². The molecule has 0 amide bonds. The quantitative estimate of drug-likeness (QED) is 0.781. The topological polar surface area (TPSA) is 38.3 Å². The molecule has 118 valence electrons. The first-order valence-corrected chi connectivity index (χ1v) is 6.94. The maximum Gasteiger partial charge on any atom is 0.416 e. The summed E-state index contributed by atoms with van der Waals surface area (Å²) >= 11 is 0. The Hall–Kier alpha value is -1.56. The fourth-order valence-electron chi connectivity index (χ4n) is 1.92. The summed E-state index contributed by atoms with van der Waals surface area (Å²) in [6.45, 7) is 4.64. The molecule has 0 fully saturated rings. The summed E-state index contributed by atoms with van der Waals surface area (Å²) in [4.78, 5) is 11.6. The highest BCUT2D eigenvalue weighted by atomic mass is 19.4. The van der Waals surface area contributed by atoms with E-state index in [9.17, 15) is 18.0 Å². The van der Waals surface area contributed by atoms with E-state index in [1.807, 2.05) is 6.92 Å². The maximum atomic E-state index is 12.5. The fourth-order valence-corrected chi connectivity index (χ4v) is 1.92. The van der Waals surface area contributed by atoms with Gasteiger partial charge in [-0.15, -0.1) is 0 Å². The number of alkyl halides is 3. The Morgan fingerprint density at radius 3 is 2.33 bits per heavy atom. The summed E-state index contributed by atoms with van der Waals surface area (Å²) in [7, 11) is 0. The van der Waals surface area contributed by atoms with Crippen molar-refractivity contribution in [2.75, 3.05) is 13.2 Å². The minimum atomic E-state index is -4.36. The summed E-state index contributed by atoms with van der Waals surface area (Å²) in [5.41, 5.74) is -0.0545. The van der Waals surface area contributed by atoms with Gasteiger partial charge in [0.1, 0.15) is 0 Å². The minimum Gasteiger partial charge on any atom is -0.466 e. The van der Waals surface area contributed by atoms with Crippen LogP contribution in [0.3, 0.4) is 0 Å². The molecule has 0 radical (unpaired) electrons. The van der Waals surface area contributed by atoms with Crippen LogP contribution in [0, 0.1) is 0 Å². The summed E-state index contributed by atoms with van der Waals surface area (Å²) in [5, 5.41) is 3.15. The lowest BCUT2D eigenvalue weighted by atomic mass is 10.0. The van der Waals surface area contributed by atoms with Gasteiger partial charge in [0.15, 0.2) is 0 Å². The highest BCUT2D eigenvalue weighted by Gasteiger charge is 2.30. The molecule has 0 aliphatic rings. The van der Waals surface area contributed by atoms with E-state index >= 15 is 0 Å². The second-order valence-corrected chi connectivity index (χ2v) is 4.64. The maximum absolute atomic E-state index is 12.5. The summed E-state index contributed by atoms with van der Waals surface area (Å²) < 4.78 is 42.5. The second-order valence-electron chi connectivity index (χ2n) is 4.64. The van der Waals surface area contributed by atoms with Gasteiger partial charge in [-0.3, -0.25) is 4.79 Å². The lowest BCUT2D eigenvalue weighted by Crippen LogP contribution is -2.25. The van der Waals surface area contributed by atoms with Crippen LogP contribution in [0.2, 0.25) is 0 Å². The molecule has 0 heterocycles. The third-order valence-electron chi connectivity index (χ3n) is 2.96. The van der Waals surface area contributed by atoms with Gasteiger partial charge < -0.3 is 10.1 Å². The zero-order chi connectivity index (χ0) is 15.9. The molecule has 21 heavy (non-hydrogen) atoms.